The molecule has 0 saturated carbocycles. The smallest absolute Gasteiger partial charge is 0.261 e. The summed E-state index contributed by atoms with van der Waals surface area (Å²) in [4.78, 5) is 0. The fourth-order valence-electron chi connectivity index (χ4n) is 5.42. The van der Waals surface area contributed by atoms with E-state index in [0.717, 1.165) is 64.2 Å². The number of hydrogen-bond acceptors (Lipinski definition) is 4. The van der Waals surface area contributed by atoms with E-state index in [4.69, 9.17) is 9.53 Å². The maximum Gasteiger partial charge on any atom is 0.261 e. The Morgan fingerprint density at radius 3 is 1.74 bits per heavy atom. The van der Waals surface area contributed by atoms with Crippen LogP contribution in [0.4, 0.5) is 0 Å². The van der Waals surface area contributed by atoms with Crippen LogP contribution in [-0.4, -0.2) is 48.6 Å². The number of aliphatic hydroxyl groups is 3. The number of unbranched alkanes of at least 4 members (excludes halogenated alkanes) is 7. The molecule has 0 aromatic heterocycles. The lowest BCUT2D eigenvalue weighted by molar-refractivity contribution is 0.0409. The molecule has 0 bridgehead atoms. The summed E-state index contributed by atoms with van der Waals surface area (Å²) in [6.45, 7) is 9.27. The molecule has 0 unspecified atom stereocenters. The van der Waals surface area contributed by atoms with Crippen LogP contribution in [0.2, 0.25) is 5.04 Å². The molecule has 0 aliphatic rings. The second-order valence-electron chi connectivity index (χ2n) is 11.9. The highest BCUT2D eigenvalue weighted by Gasteiger charge is 2.51. The molecule has 5 heteroatoms. The summed E-state index contributed by atoms with van der Waals surface area (Å²) in [7, 11) is -2.75. The van der Waals surface area contributed by atoms with Crippen LogP contribution < -0.4 is 10.4 Å². The standard InChI is InChI=1S/C34H54O4Si/c1-5-6-13-25-32(36)33(37)27-26-29(20-14-9-7-8-10-19-28-35)38-39(34(2,3)4,30-21-15-11-16-22-30)31-23-17-12-18-24-31/h11-12,15-18,21-24,26-27,29,32-33,35-37H,5-10,13-14,19-20,25,28H2,1-4H3/b27-26+/t29-,32-,33-/m0/s1. The van der Waals surface area contributed by atoms with Gasteiger partial charge in [0.05, 0.1) is 18.3 Å². The van der Waals surface area contributed by atoms with Crippen molar-refractivity contribution in [3.63, 3.8) is 0 Å². The SMILES string of the molecule is CCCCC[C@H](O)[C@@H](O)/C=C/[C@H](CCCCCCCCO)O[Si](c1ccccc1)(c1ccccc1)C(C)(C)C. The lowest BCUT2D eigenvalue weighted by Crippen LogP contribution is -2.67. The van der Waals surface area contributed by atoms with Gasteiger partial charge in [-0.25, -0.2) is 0 Å². The molecule has 0 fully saturated rings. The molecule has 0 heterocycles. The van der Waals surface area contributed by atoms with Crippen molar-refractivity contribution in [1.82, 2.24) is 0 Å². The van der Waals surface area contributed by atoms with Crippen molar-refractivity contribution in [3.05, 3.63) is 72.8 Å². The highest BCUT2D eigenvalue weighted by molar-refractivity contribution is 6.99. The van der Waals surface area contributed by atoms with Gasteiger partial charge < -0.3 is 19.7 Å². The van der Waals surface area contributed by atoms with Gasteiger partial charge in [0.25, 0.3) is 8.32 Å². The van der Waals surface area contributed by atoms with Crippen LogP contribution in [-0.2, 0) is 4.43 Å². The molecule has 4 nitrogen and oxygen atoms in total. The first-order valence-corrected chi connectivity index (χ1v) is 17.1. The quantitative estimate of drug-likeness (QED) is 0.105. The first kappa shape index (κ1) is 33.4. The van der Waals surface area contributed by atoms with E-state index < -0.39 is 20.5 Å². The molecule has 2 aromatic rings. The van der Waals surface area contributed by atoms with E-state index in [1.165, 1.54) is 10.4 Å². The van der Waals surface area contributed by atoms with Crippen molar-refractivity contribution in [2.24, 2.45) is 0 Å². The molecule has 0 saturated heterocycles. The highest BCUT2D eigenvalue weighted by Crippen LogP contribution is 2.38. The van der Waals surface area contributed by atoms with Crippen LogP contribution in [0.3, 0.4) is 0 Å². The first-order chi connectivity index (χ1) is 18.8. The average Bonchev–Trinajstić information content (AvgIpc) is 2.93. The molecule has 2 rings (SSSR count). The van der Waals surface area contributed by atoms with E-state index in [9.17, 15) is 10.2 Å². The molecule has 39 heavy (non-hydrogen) atoms. The molecule has 0 spiro atoms. The molecule has 2 aromatic carbocycles. The molecular weight excluding hydrogens is 500 g/mol. The van der Waals surface area contributed by atoms with Crippen molar-refractivity contribution in [2.45, 2.75) is 122 Å². The summed E-state index contributed by atoms with van der Waals surface area (Å²) in [5, 5.41) is 32.7. The van der Waals surface area contributed by atoms with E-state index in [0.29, 0.717) is 6.42 Å². The van der Waals surface area contributed by atoms with Gasteiger partial charge in [0.15, 0.2) is 0 Å². The summed E-state index contributed by atoms with van der Waals surface area (Å²) < 4.78 is 7.37. The van der Waals surface area contributed by atoms with Crippen LogP contribution in [0.25, 0.3) is 0 Å². The topological polar surface area (TPSA) is 69.9 Å². The second-order valence-corrected chi connectivity index (χ2v) is 16.1. The fourth-order valence-corrected chi connectivity index (χ4v) is 10.1. The highest BCUT2D eigenvalue weighted by atomic mass is 28.4. The Hall–Kier alpha value is -1.76. The lowest BCUT2D eigenvalue weighted by atomic mass is 10.0. The molecule has 0 aliphatic heterocycles. The van der Waals surface area contributed by atoms with Gasteiger partial charge in [-0.15, -0.1) is 0 Å². The van der Waals surface area contributed by atoms with E-state index in [2.05, 4.69) is 88.4 Å². The summed E-state index contributed by atoms with van der Waals surface area (Å²) >= 11 is 0. The Bertz CT molecular complexity index is 870. The lowest BCUT2D eigenvalue weighted by Gasteiger charge is -2.45. The minimum atomic E-state index is -2.75. The zero-order valence-electron chi connectivity index (χ0n) is 24.9. The number of hydrogen-bond donors (Lipinski definition) is 3. The first-order valence-electron chi connectivity index (χ1n) is 15.2. The molecule has 0 radical (unpaired) electrons. The van der Waals surface area contributed by atoms with Gasteiger partial charge in [-0.3, -0.25) is 0 Å². The third-order valence-corrected chi connectivity index (χ3v) is 12.7. The molecule has 218 valence electrons. The summed E-state index contributed by atoms with van der Waals surface area (Å²) in [5.41, 5.74) is 0. The monoisotopic (exact) mass is 554 g/mol. The molecule has 0 amide bonds. The molecule has 0 aliphatic carbocycles. The van der Waals surface area contributed by atoms with Crippen molar-refractivity contribution in [3.8, 4) is 0 Å². The number of rotatable bonds is 19. The predicted octanol–water partition coefficient (Wildman–Crippen LogP) is 6.51. The van der Waals surface area contributed by atoms with Gasteiger partial charge in [0, 0.05) is 6.61 Å². The minimum Gasteiger partial charge on any atom is -0.401 e. The molecule has 3 N–H and O–H groups in total. The van der Waals surface area contributed by atoms with E-state index in [1.54, 1.807) is 6.08 Å². The third-order valence-electron chi connectivity index (χ3n) is 7.66. The van der Waals surface area contributed by atoms with Gasteiger partial charge in [-0.05, 0) is 34.7 Å². The number of aliphatic hydroxyl groups excluding tert-OH is 3. The Morgan fingerprint density at radius 2 is 1.23 bits per heavy atom. The zero-order chi connectivity index (χ0) is 28.6. The van der Waals surface area contributed by atoms with Gasteiger partial charge in [0.1, 0.15) is 0 Å². The van der Waals surface area contributed by atoms with E-state index in [1.807, 2.05) is 6.08 Å². The summed E-state index contributed by atoms with van der Waals surface area (Å²) in [5.74, 6) is 0. The normalized spacial score (nSPS) is 14.9. The fraction of sp³-hybridized carbons (Fsp3) is 0.588. The number of benzene rings is 2. The minimum absolute atomic E-state index is 0.135. The Kier molecular flexibility index (Phi) is 15.3. The largest absolute Gasteiger partial charge is 0.401 e. The van der Waals surface area contributed by atoms with Crippen molar-refractivity contribution >= 4 is 18.7 Å². The zero-order valence-corrected chi connectivity index (χ0v) is 25.9. The molecule has 3 atom stereocenters. The maximum absolute atomic E-state index is 10.7. The van der Waals surface area contributed by atoms with Gasteiger partial charge >= 0.3 is 0 Å². The van der Waals surface area contributed by atoms with Crippen LogP contribution in [0, 0.1) is 0 Å². The van der Waals surface area contributed by atoms with Crippen molar-refractivity contribution in [1.29, 1.82) is 0 Å². The predicted molar refractivity (Wildman–Crippen MR) is 167 cm³/mol. The van der Waals surface area contributed by atoms with E-state index in [-0.39, 0.29) is 17.7 Å². The third kappa shape index (κ3) is 10.6. The van der Waals surface area contributed by atoms with E-state index >= 15 is 0 Å². The molecular formula is C34H54O4Si. The van der Waals surface area contributed by atoms with Gasteiger partial charge in [-0.1, -0.05) is 152 Å². The second kappa shape index (κ2) is 17.8. The average molecular weight is 555 g/mol. The van der Waals surface area contributed by atoms with Crippen LogP contribution >= 0.6 is 0 Å². The summed E-state index contributed by atoms with van der Waals surface area (Å²) in [6.07, 6.45) is 12.9. The maximum atomic E-state index is 10.7. The van der Waals surface area contributed by atoms with Crippen molar-refractivity contribution in [2.75, 3.05) is 6.61 Å². The van der Waals surface area contributed by atoms with Crippen LogP contribution in [0.15, 0.2) is 72.8 Å². The summed E-state index contributed by atoms with van der Waals surface area (Å²) in [6, 6.07) is 21.3. The van der Waals surface area contributed by atoms with Gasteiger partial charge in [-0.2, -0.15) is 0 Å². The Morgan fingerprint density at radius 1 is 0.718 bits per heavy atom. The van der Waals surface area contributed by atoms with Crippen LogP contribution in [0.1, 0.15) is 98.3 Å². The Balaban J connectivity index is 2.36. The van der Waals surface area contributed by atoms with Gasteiger partial charge in [0.2, 0.25) is 0 Å². The van der Waals surface area contributed by atoms with Crippen LogP contribution in [0.5, 0.6) is 0 Å². The Labute approximate surface area is 239 Å². The van der Waals surface area contributed by atoms with Crippen molar-refractivity contribution < 1.29 is 19.7 Å².